The van der Waals surface area contributed by atoms with Gasteiger partial charge in [-0.1, -0.05) is 12.1 Å². The van der Waals surface area contributed by atoms with E-state index >= 15 is 0 Å². The van der Waals surface area contributed by atoms with Crippen LogP contribution in [0, 0.1) is 0 Å². The Labute approximate surface area is 183 Å². The van der Waals surface area contributed by atoms with Crippen LogP contribution in [-0.4, -0.2) is 66.8 Å². The zero-order chi connectivity index (χ0) is 21.9. The van der Waals surface area contributed by atoms with Crippen LogP contribution in [0.25, 0.3) is 11.0 Å². The number of aromatic nitrogens is 6. The fourth-order valence-electron chi connectivity index (χ4n) is 3.70. The fourth-order valence-corrected chi connectivity index (χ4v) is 3.70. The molecule has 1 saturated heterocycles. The lowest BCUT2D eigenvalue weighted by molar-refractivity contribution is -0.118. The van der Waals surface area contributed by atoms with Gasteiger partial charge in [0.1, 0.15) is 0 Å². The molecule has 0 aliphatic carbocycles. The zero-order valence-corrected chi connectivity index (χ0v) is 17.3. The first-order chi connectivity index (χ1) is 15.7. The molecular weight excluding hydrogens is 410 g/mol. The molecule has 4 aromatic rings. The molecule has 1 aliphatic rings. The molecule has 32 heavy (non-hydrogen) atoms. The summed E-state index contributed by atoms with van der Waals surface area (Å²) in [5, 5.41) is 24.7. The van der Waals surface area contributed by atoms with Crippen LogP contribution in [0.2, 0.25) is 0 Å². The van der Waals surface area contributed by atoms with E-state index in [1.165, 1.54) is 0 Å². The third kappa shape index (κ3) is 4.15. The highest BCUT2D eigenvalue weighted by molar-refractivity contribution is 5.95. The second-order valence-electron chi connectivity index (χ2n) is 7.51. The topological polar surface area (TPSA) is 126 Å². The van der Waals surface area contributed by atoms with Gasteiger partial charge in [0.05, 0.1) is 49.7 Å². The van der Waals surface area contributed by atoms with Crippen molar-refractivity contribution >= 4 is 34.3 Å². The van der Waals surface area contributed by atoms with Crippen molar-refractivity contribution in [2.24, 2.45) is 0 Å². The average molecular weight is 433 g/mol. The maximum absolute atomic E-state index is 12.2. The van der Waals surface area contributed by atoms with Gasteiger partial charge >= 0.3 is 0 Å². The van der Waals surface area contributed by atoms with Gasteiger partial charge in [-0.2, -0.15) is 15.2 Å². The Morgan fingerprint density at radius 1 is 1.19 bits per heavy atom. The lowest BCUT2D eigenvalue weighted by atomic mass is 10.1. The molecule has 0 spiro atoms. The Balaban J connectivity index is 1.37. The molecule has 1 fully saturated rings. The highest BCUT2D eigenvalue weighted by atomic mass is 16.3. The predicted octanol–water partition coefficient (Wildman–Crippen LogP) is 0.743. The minimum atomic E-state index is 0.0206. The van der Waals surface area contributed by atoms with Crippen LogP contribution in [0.15, 0.2) is 49.1 Å². The highest BCUT2D eigenvalue weighted by Crippen LogP contribution is 2.20. The van der Waals surface area contributed by atoms with Gasteiger partial charge < -0.3 is 20.6 Å². The minimum Gasteiger partial charge on any atom is -0.394 e. The number of nitrogens with zero attached hydrogens (tertiary/aromatic N) is 7. The van der Waals surface area contributed by atoms with Gasteiger partial charge in [-0.3, -0.25) is 9.48 Å². The molecule has 0 radical (unpaired) electrons. The number of anilines is 3. The molecule has 0 atom stereocenters. The second kappa shape index (κ2) is 8.73. The molecule has 0 unspecified atom stereocenters. The largest absolute Gasteiger partial charge is 0.394 e. The Morgan fingerprint density at radius 2 is 2.12 bits per heavy atom. The van der Waals surface area contributed by atoms with Crippen LogP contribution < -0.4 is 15.5 Å². The van der Waals surface area contributed by atoms with Crippen molar-refractivity contribution in [2.75, 3.05) is 36.5 Å². The number of aliphatic hydroxyl groups is 1. The standard InChI is InChI=1S/C21H23N9O2/c31-7-6-28-14-17(11-24-28)26-21-23-9-16-10-25-30(20(16)27-21)13-15-2-1-3-18(8-15)29-5-4-22-12-19(29)32/h1-3,8-11,14,22,31H,4-7,12-13H2,(H,23,26,27). The molecule has 11 heteroatoms. The molecular formula is C21H23N9O2. The molecule has 1 aromatic carbocycles. The quantitative estimate of drug-likeness (QED) is 0.390. The SMILES string of the molecule is O=C1CNCCN1c1cccc(Cn2ncc3cnc(Nc4cnn(CCO)c4)nc32)c1. The van der Waals surface area contributed by atoms with Crippen molar-refractivity contribution in [2.45, 2.75) is 13.1 Å². The third-order valence-electron chi connectivity index (χ3n) is 5.24. The zero-order valence-electron chi connectivity index (χ0n) is 17.3. The summed E-state index contributed by atoms with van der Waals surface area (Å²) in [6.07, 6.45) is 6.90. The summed E-state index contributed by atoms with van der Waals surface area (Å²) in [6.45, 7) is 2.76. The number of carbonyl (C=O) groups excluding carboxylic acids is 1. The van der Waals surface area contributed by atoms with E-state index in [1.807, 2.05) is 33.8 Å². The first-order valence-corrected chi connectivity index (χ1v) is 10.4. The number of benzene rings is 1. The van der Waals surface area contributed by atoms with Gasteiger partial charge in [0.15, 0.2) is 5.65 Å². The van der Waals surface area contributed by atoms with Crippen LogP contribution in [0.3, 0.4) is 0 Å². The fraction of sp³-hybridized carbons (Fsp3) is 0.286. The Hall–Kier alpha value is -3.83. The van der Waals surface area contributed by atoms with Crippen molar-refractivity contribution in [1.29, 1.82) is 0 Å². The van der Waals surface area contributed by atoms with Crippen LogP contribution in [0.5, 0.6) is 0 Å². The van der Waals surface area contributed by atoms with Crippen molar-refractivity contribution in [1.82, 2.24) is 34.8 Å². The summed E-state index contributed by atoms with van der Waals surface area (Å²) in [7, 11) is 0. The molecule has 11 nitrogen and oxygen atoms in total. The predicted molar refractivity (Wildman–Crippen MR) is 119 cm³/mol. The summed E-state index contributed by atoms with van der Waals surface area (Å²) in [4.78, 5) is 23.0. The maximum atomic E-state index is 12.2. The monoisotopic (exact) mass is 433 g/mol. The van der Waals surface area contributed by atoms with E-state index in [4.69, 9.17) is 5.11 Å². The lowest BCUT2D eigenvalue weighted by Crippen LogP contribution is -2.48. The Kier molecular flexibility index (Phi) is 5.48. The van der Waals surface area contributed by atoms with Crippen LogP contribution >= 0.6 is 0 Å². The Morgan fingerprint density at radius 3 is 3.00 bits per heavy atom. The first-order valence-electron chi connectivity index (χ1n) is 10.4. The van der Waals surface area contributed by atoms with E-state index in [0.29, 0.717) is 37.8 Å². The first kappa shape index (κ1) is 20.1. The highest BCUT2D eigenvalue weighted by Gasteiger charge is 2.19. The van der Waals surface area contributed by atoms with Crippen LogP contribution in [-0.2, 0) is 17.9 Å². The molecule has 164 valence electrons. The molecule has 1 aliphatic heterocycles. The van der Waals surface area contributed by atoms with E-state index < -0.39 is 0 Å². The van der Waals surface area contributed by atoms with Crippen molar-refractivity contribution in [3.05, 3.63) is 54.6 Å². The van der Waals surface area contributed by atoms with Gasteiger partial charge in [0.2, 0.25) is 11.9 Å². The molecule has 3 aromatic heterocycles. The van der Waals surface area contributed by atoms with Gasteiger partial charge in [0, 0.05) is 31.2 Å². The molecule has 5 rings (SSSR count). The number of rotatable bonds is 7. The lowest BCUT2D eigenvalue weighted by Gasteiger charge is -2.27. The van der Waals surface area contributed by atoms with Gasteiger partial charge in [-0.25, -0.2) is 9.67 Å². The second-order valence-corrected chi connectivity index (χ2v) is 7.51. The van der Waals surface area contributed by atoms with E-state index in [2.05, 4.69) is 30.8 Å². The van der Waals surface area contributed by atoms with Gasteiger partial charge in [-0.15, -0.1) is 0 Å². The maximum Gasteiger partial charge on any atom is 0.240 e. The third-order valence-corrected chi connectivity index (χ3v) is 5.24. The van der Waals surface area contributed by atoms with Gasteiger partial charge in [-0.05, 0) is 17.7 Å². The summed E-state index contributed by atoms with van der Waals surface area (Å²) < 4.78 is 3.46. The number of nitrogens with one attached hydrogen (secondary N) is 2. The molecule has 4 heterocycles. The van der Waals surface area contributed by atoms with Gasteiger partial charge in [0.25, 0.3) is 0 Å². The van der Waals surface area contributed by atoms with E-state index in [1.54, 1.807) is 29.5 Å². The van der Waals surface area contributed by atoms with Crippen LogP contribution in [0.4, 0.5) is 17.3 Å². The number of hydrogen-bond donors (Lipinski definition) is 3. The van der Waals surface area contributed by atoms with E-state index in [9.17, 15) is 4.79 Å². The summed E-state index contributed by atoms with van der Waals surface area (Å²) in [5.41, 5.74) is 3.35. The van der Waals surface area contributed by atoms with E-state index in [-0.39, 0.29) is 12.5 Å². The minimum absolute atomic E-state index is 0.0206. The number of amides is 1. The number of piperazine rings is 1. The summed E-state index contributed by atoms with van der Waals surface area (Å²) in [6, 6.07) is 7.94. The number of carbonyl (C=O) groups is 1. The summed E-state index contributed by atoms with van der Waals surface area (Å²) in [5.74, 6) is 0.506. The number of fused-ring (bicyclic) bond motifs is 1. The molecule has 3 N–H and O–H groups in total. The molecule has 0 saturated carbocycles. The normalized spacial score (nSPS) is 14.3. The van der Waals surface area contributed by atoms with Crippen molar-refractivity contribution in [3.63, 3.8) is 0 Å². The molecule has 1 amide bonds. The van der Waals surface area contributed by atoms with E-state index in [0.717, 1.165) is 28.9 Å². The summed E-state index contributed by atoms with van der Waals surface area (Å²) >= 11 is 0. The van der Waals surface area contributed by atoms with Crippen molar-refractivity contribution < 1.29 is 9.90 Å². The van der Waals surface area contributed by atoms with Crippen LogP contribution in [0.1, 0.15) is 5.56 Å². The Bertz CT molecular complexity index is 1250. The number of hydrogen-bond acceptors (Lipinski definition) is 8. The number of aliphatic hydroxyl groups excluding tert-OH is 1. The van der Waals surface area contributed by atoms with Crippen molar-refractivity contribution in [3.8, 4) is 0 Å². The smallest absolute Gasteiger partial charge is 0.240 e. The average Bonchev–Trinajstić information content (AvgIpc) is 3.41. The molecule has 0 bridgehead atoms.